The van der Waals surface area contributed by atoms with E-state index >= 15 is 0 Å². The molecule has 0 spiro atoms. The number of aryl methyl sites for hydroxylation is 1. The first kappa shape index (κ1) is 11.2. The molecule has 0 aromatic heterocycles. The van der Waals surface area contributed by atoms with Gasteiger partial charge in [-0.1, -0.05) is 24.3 Å². The molecular formula is C11H14ClNO. The highest BCUT2D eigenvalue weighted by atomic mass is 35.5. The van der Waals surface area contributed by atoms with Crippen LogP contribution < -0.4 is 5.32 Å². The van der Waals surface area contributed by atoms with Crippen molar-refractivity contribution in [3.63, 3.8) is 0 Å². The lowest BCUT2D eigenvalue weighted by Crippen LogP contribution is -2.18. The van der Waals surface area contributed by atoms with Crippen LogP contribution in [-0.4, -0.2) is 12.3 Å². The van der Waals surface area contributed by atoms with Crippen LogP contribution in [0.1, 0.15) is 23.6 Å². The Morgan fingerprint density at radius 1 is 1.36 bits per heavy atom. The van der Waals surface area contributed by atoms with Crippen LogP contribution in [0.15, 0.2) is 24.3 Å². The highest BCUT2D eigenvalue weighted by Gasteiger charge is 2.25. The highest BCUT2D eigenvalue weighted by molar-refractivity contribution is 5.87. The van der Waals surface area contributed by atoms with Crippen molar-refractivity contribution in [3.05, 3.63) is 35.4 Å². The molecule has 1 unspecified atom stereocenters. The molecule has 1 saturated heterocycles. The molecule has 1 fully saturated rings. The molecule has 1 atom stereocenters. The van der Waals surface area contributed by atoms with E-state index in [2.05, 4.69) is 5.32 Å². The third kappa shape index (κ3) is 1.97. The van der Waals surface area contributed by atoms with Crippen molar-refractivity contribution in [1.82, 2.24) is 5.32 Å². The van der Waals surface area contributed by atoms with E-state index in [4.69, 9.17) is 0 Å². The third-order valence-corrected chi connectivity index (χ3v) is 2.54. The molecule has 0 radical (unpaired) electrons. The summed E-state index contributed by atoms with van der Waals surface area (Å²) in [6.07, 6.45) is 0.666. The summed E-state index contributed by atoms with van der Waals surface area (Å²) in [6.45, 7) is 2.86. The van der Waals surface area contributed by atoms with Crippen LogP contribution in [0, 0.1) is 6.92 Å². The number of hydrogen-bond acceptors (Lipinski definition) is 2. The largest absolute Gasteiger partial charge is 0.303 e. The molecule has 1 N–H and O–H groups in total. The maximum Gasteiger partial charge on any atom is 0.155 e. The molecule has 76 valence electrons. The zero-order chi connectivity index (χ0) is 9.26. The van der Waals surface area contributed by atoms with Gasteiger partial charge < -0.3 is 5.32 Å². The number of carbonyl (C=O) groups excluding carboxylic acids is 1. The number of Topliss-reactive ketones (excluding diaryl/α,β-unsaturated/α-hetero) is 1. The average Bonchev–Trinajstić information content (AvgIpc) is 2.52. The molecule has 1 heterocycles. The predicted molar refractivity (Wildman–Crippen MR) is 58.8 cm³/mol. The predicted octanol–water partition coefficient (Wildman–Crippen LogP) is 2.02. The Morgan fingerprint density at radius 3 is 2.64 bits per heavy atom. The number of ketones is 1. The van der Waals surface area contributed by atoms with E-state index in [-0.39, 0.29) is 18.4 Å². The fourth-order valence-corrected chi connectivity index (χ4v) is 1.79. The lowest BCUT2D eigenvalue weighted by Gasteiger charge is -2.11. The van der Waals surface area contributed by atoms with Crippen molar-refractivity contribution in [1.29, 1.82) is 0 Å². The Labute approximate surface area is 90.1 Å². The van der Waals surface area contributed by atoms with Crippen molar-refractivity contribution in [3.8, 4) is 0 Å². The smallest absolute Gasteiger partial charge is 0.155 e. The van der Waals surface area contributed by atoms with E-state index in [0.29, 0.717) is 12.2 Å². The van der Waals surface area contributed by atoms with Crippen LogP contribution in [0.4, 0.5) is 0 Å². The molecular weight excluding hydrogens is 198 g/mol. The SMILES string of the molecule is Cc1ccccc1C1NCCC1=O.Cl. The molecule has 0 saturated carbocycles. The van der Waals surface area contributed by atoms with Crippen LogP contribution in [0.3, 0.4) is 0 Å². The summed E-state index contributed by atoms with van der Waals surface area (Å²) in [7, 11) is 0. The van der Waals surface area contributed by atoms with Crippen LogP contribution in [0.2, 0.25) is 0 Å². The molecule has 2 rings (SSSR count). The normalized spacial score (nSPS) is 20.6. The molecule has 1 aromatic rings. The fourth-order valence-electron chi connectivity index (χ4n) is 1.79. The lowest BCUT2D eigenvalue weighted by atomic mass is 9.99. The van der Waals surface area contributed by atoms with Gasteiger partial charge in [-0.25, -0.2) is 0 Å². The molecule has 0 amide bonds. The fraction of sp³-hybridized carbons (Fsp3) is 0.364. The summed E-state index contributed by atoms with van der Waals surface area (Å²) in [5.74, 6) is 0.314. The Balaban J connectivity index is 0.000000980. The minimum absolute atomic E-state index is 0. The van der Waals surface area contributed by atoms with E-state index in [1.165, 1.54) is 5.56 Å². The average molecular weight is 212 g/mol. The quantitative estimate of drug-likeness (QED) is 0.770. The van der Waals surface area contributed by atoms with Crippen molar-refractivity contribution < 1.29 is 4.79 Å². The van der Waals surface area contributed by atoms with Gasteiger partial charge in [0.2, 0.25) is 0 Å². The Bertz CT molecular complexity index is 338. The van der Waals surface area contributed by atoms with Gasteiger partial charge in [0.15, 0.2) is 5.78 Å². The van der Waals surface area contributed by atoms with Gasteiger partial charge in [-0.2, -0.15) is 0 Å². The number of hydrogen-bond donors (Lipinski definition) is 1. The monoisotopic (exact) mass is 211 g/mol. The van der Waals surface area contributed by atoms with Gasteiger partial charge in [0, 0.05) is 13.0 Å². The first-order valence-corrected chi connectivity index (χ1v) is 4.60. The number of benzene rings is 1. The molecule has 1 aliphatic rings. The summed E-state index contributed by atoms with van der Waals surface area (Å²) in [6, 6.07) is 7.99. The van der Waals surface area contributed by atoms with E-state index in [1.807, 2.05) is 31.2 Å². The minimum Gasteiger partial charge on any atom is -0.303 e. The van der Waals surface area contributed by atoms with Gasteiger partial charge in [0.05, 0.1) is 6.04 Å². The molecule has 1 aromatic carbocycles. The van der Waals surface area contributed by atoms with Gasteiger partial charge in [0.25, 0.3) is 0 Å². The second-order valence-corrected chi connectivity index (χ2v) is 3.46. The summed E-state index contributed by atoms with van der Waals surface area (Å²) < 4.78 is 0. The highest BCUT2D eigenvalue weighted by Crippen LogP contribution is 2.22. The van der Waals surface area contributed by atoms with Crippen molar-refractivity contribution >= 4 is 18.2 Å². The first-order chi connectivity index (χ1) is 6.29. The molecule has 0 bridgehead atoms. The standard InChI is InChI=1S/C11H13NO.ClH/c1-8-4-2-3-5-9(8)11-10(13)6-7-12-11;/h2-5,11-12H,6-7H2,1H3;1H. The lowest BCUT2D eigenvalue weighted by molar-refractivity contribution is -0.118. The van der Waals surface area contributed by atoms with Crippen molar-refractivity contribution in [2.75, 3.05) is 6.54 Å². The zero-order valence-corrected chi connectivity index (χ0v) is 8.93. The Morgan fingerprint density at radius 2 is 2.07 bits per heavy atom. The number of halogens is 1. The second-order valence-electron chi connectivity index (χ2n) is 3.46. The Kier molecular flexibility index (Phi) is 3.67. The summed E-state index contributed by atoms with van der Waals surface area (Å²) in [5.41, 5.74) is 2.32. The minimum atomic E-state index is -0.0544. The van der Waals surface area contributed by atoms with E-state index in [9.17, 15) is 4.79 Å². The first-order valence-electron chi connectivity index (χ1n) is 4.60. The van der Waals surface area contributed by atoms with Crippen LogP contribution in [0.25, 0.3) is 0 Å². The van der Waals surface area contributed by atoms with Crippen molar-refractivity contribution in [2.45, 2.75) is 19.4 Å². The summed E-state index contributed by atoms with van der Waals surface area (Å²) >= 11 is 0. The second kappa shape index (κ2) is 4.58. The molecule has 14 heavy (non-hydrogen) atoms. The number of rotatable bonds is 1. The number of carbonyl (C=O) groups is 1. The molecule has 1 aliphatic heterocycles. The zero-order valence-electron chi connectivity index (χ0n) is 8.12. The summed E-state index contributed by atoms with van der Waals surface area (Å²) in [5, 5.41) is 3.21. The summed E-state index contributed by atoms with van der Waals surface area (Å²) in [4.78, 5) is 11.5. The van der Waals surface area contributed by atoms with E-state index < -0.39 is 0 Å². The van der Waals surface area contributed by atoms with Gasteiger partial charge in [-0.3, -0.25) is 4.79 Å². The maximum atomic E-state index is 11.5. The molecule has 2 nitrogen and oxygen atoms in total. The van der Waals surface area contributed by atoms with Gasteiger partial charge in [0.1, 0.15) is 0 Å². The van der Waals surface area contributed by atoms with E-state index in [1.54, 1.807) is 0 Å². The van der Waals surface area contributed by atoms with Crippen LogP contribution in [0.5, 0.6) is 0 Å². The van der Waals surface area contributed by atoms with Crippen LogP contribution in [-0.2, 0) is 4.79 Å². The van der Waals surface area contributed by atoms with Crippen LogP contribution >= 0.6 is 12.4 Å². The topological polar surface area (TPSA) is 29.1 Å². The van der Waals surface area contributed by atoms with Gasteiger partial charge in [-0.05, 0) is 18.1 Å². The van der Waals surface area contributed by atoms with E-state index in [0.717, 1.165) is 12.1 Å². The van der Waals surface area contributed by atoms with Gasteiger partial charge >= 0.3 is 0 Å². The van der Waals surface area contributed by atoms with Gasteiger partial charge in [-0.15, -0.1) is 12.4 Å². The third-order valence-electron chi connectivity index (χ3n) is 2.54. The molecule has 0 aliphatic carbocycles. The van der Waals surface area contributed by atoms with Crippen molar-refractivity contribution in [2.24, 2.45) is 0 Å². The number of nitrogens with one attached hydrogen (secondary N) is 1. The molecule has 3 heteroatoms. The maximum absolute atomic E-state index is 11.5. The Hall–Kier alpha value is -0.860.